The number of carbonyl (C=O) groups excluding carboxylic acids is 1. The Morgan fingerprint density at radius 2 is 2.05 bits per heavy atom. The zero-order valence-corrected chi connectivity index (χ0v) is 11.5. The molecule has 1 fully saturated rings. The van der Waals surface area contributed by atoms with Crippen molar-refractivity contribution in [3.8, 4) is 0 Å². The molecule has 0 atom stereocenters. The predicted molar refractivity (Wildman–Crippen MR) is 77.9 cm³/mol. The summed E-state index contributed by atoms with van der Waals surface area (Å²) >= 11 is 0. The van der Waals surface area contributed by atoms with Gasteiger partial charge in [0.25, 0.3) is 0 Å². The minimum absolute atomic E-state index is 0.230. The fourth-order valence-electron chi connectivity index (χ4n) is 2.96. The lowest BCUT2D eigenvalue weighted by atomic mass is 10.1. The van der Waals surface area contributed by atoms with Crippen LogP contribution in [0.1, 0.15) is 18.9 Å². The lowest BCUT2D eigenvalue weighted by molar-refractivity contribution is -0.118. The SMILES string of the molecule is CCC(=O)N1CCc2cc(N3CCNCC3)ccc21. The molecule has 102 valence electrons. The molecule has 1 amide bonds. The summed E-state index contributed by atoms with van der Waals surface area (Å²) in [5.74, 6) is 0.230. The zero-order chi connectivity index (χ0) is 13.2. The van der Waals surface area contributed by atoms with Crippen molar-refractivity contribution in [3.63, 3.8) is 0 Å². The van der Waals surface area contributed by atoms with Gasteiger partial charge in [-0.15, -0.1) is 0 Å². The largest absolute Gasteiger partial charge is 0.369 e. The third-order valence-corrected chi connectivity index (χ3v) is 4.04. The quantitative estimate of drug-likeness (QED) is 0.872. The van der Waals surface area contributed by atoms with Gasteiger partial charge < -0.3 is 15.1 Å². The van der Waals surface area contributed by atoms with Crippen molar-refractivity contribution >= 4 is 17.3 Å². The number of fused-ring (bicyclic) bond motifs is 1. The van der Waals surface area contributed by atoms with Crippen LogP contribution in [0, 0.1) is 0 Å². The fraction of sp³-hybridized carbons (Fsp3) is 0.533. The van der Waals surface area contributed by atoms with Crippen molar-refractivity contribution in [2.24, 2.45) is 0 Å². The minimum atomic E-state index is 0.230. The van der Waals surface area contributed by atoms with E-state index >= 15 is 0 Å². The van der Waals surface area contributed by atoms with Crippen LogP contribution in [0.4, 0.5) is 11.4 Å². The van der Waals surface area contributed by atoms with E-state index in [0.717, 1.165) is 44.8 Å². The first-order chi connectivity index (χ1) is 9.29. The van der Waals surface area contributed by atoms with E-state index in [-0.39, 0.29) is 5.91 Å². The summed E-state index contributed by atoms with van der Waals surface area (Å²) in [6.07, 6.45) is 1.57. The summed E-state index contributed by atoms with van der Waals surface area (Å²) in [4.78, 5) is 16.2. The molecule has 0 unspecified atom stereocenters. The van der Waals surface area contributed by atoms with E-state index in [0.29, 0.717) is 6.42 Å². The molecule has 19 heavy (non-hydrogen) atoms. The first-order valence-electron chi connectivity index (χ1n) is 7.18. The zero-order valence-electron chi connectivity index (χ0n) is 11.5. The summed E-state index contributed by atoms with van der Waals surface area (Å²) in [6, 6.07) is 6.54. The van der Waals surface area contributed by atoms with Gasteiger partial charge in [-0.25, -0.2) is 0 Å². The Balaban J connectivity index is 1.83. The third-order valence-electron chi connectivity index (χ3n) is 4.04. The topological polar surface area (TPSA) is 35.6 Å². The summed E-state index contributed by atoms with van der Waals surface area (Å²) in [7, 11) is 0. The Labute approximate surface area is 114 Å². The molecule has 2 heterocycles. The van der Waals surface area contributed by atoms with Gasteiger partial charge in [0.1, 0.15) is 0 Å². The standard InChI is InChI=1S/C15H21N3O/c1-2-15(19)18-8-5-12-11-13(3-4-14(12)18)17-9-6-16-7-10-17/h3-4,11,16H,2,5-10H2,1H3. The number of carbonyl (C=O) groups is 1. The van der Waals surface area contributed by atoms with Crippen LogP contribution in [0.15, 0.2) is 18.2 Å². The van der Waals surface area contributed by atoms with E-state index < -0.39 is 0 Å². The van der Waals surface area contributed by atoms with Crippen LogP contribution in [-0.4, -0.2) is 38.6 Å². The van der Waals surface area contributed by atoms with Crippen molar-refractivity contribution < 1.29 is 4.79 Å². The van der Waals surface area contributed by atoms with Crippen LogP contribution >= 0.6 is 0 Å². The number of hydrogen-bond donors (Lipinski definition) is 1. The maximum absolute atomic E-state index is 11.9. The highest BCUT2D eigenvalue weighted by Gasteiger charge is 2.24. The molecular formula is C15H21N3O. The molecule has 0 spiro atoms. The minimum Gasteiger partial charge on any atom is -0.369 e. The maximum atomic E-state index is 11.9. The van der Waals surface area contributed by atoms with Gasteiger partial charge in [0.2, 0.25) is 5.91 Å². The van der Waals surface area contributed by atoms with Gasteiger partial charge >= 0.3 is 0 Å². The van der Waals surface area contributed by atoms with E-state index in [2.05, 4.69) is 28.4 Å². The van der Waals surface area contributed by atoms with Gasteiger partial charge in [-0.05, 0) is 30.2 Å². The van der Waals surface area contributed by atoms with Crippen LogP contribution in [0.2, 0.25) is 0 Å². The molecule has 2 aliphatic rings. The monoisotopic (exact) mass is 259 g/mol. The van der Waals surface area contributed by atoms with Gasteiger partial charge in [0.05, 0.1) is 0 Å². The number of hydrogen-bond acceptors (Lipinski definition) is 3. The Hall–Kier alpha value is -1.55. The number of anilines is 2. The molecule has 3 rings (SSSR count). The maximum Gasteiger partial charge on any atom is 0.226 e. The number of nitrogens with one attached hydrogen (secondary N) is 1. The first-order valence-corrected chi connectivity index (χ1v) is 7.18. The lowest BCUT2D eigenvalue weighted by Gasteiger charge is -2.30. The smallest absolute Gasteiger partial charge is 0.226 e. The highest BCUT2D eigenvalue weighted by atomic mass is 16.2. The van der Waals surface area contributed by atoms with Gasteiger partial charge in [0.15, 0.2) is 0 Å². The molecule has 4 nitrogen and oxygen atoms in total. The summed E-state index contributed by atoms with van der Waals surface area (Å²) < 4.78 is 0. The van der Waals surface area contributed by atoms with Crippen LogP contribution in [0.5, 0.6) is 0 Å². The summed E-state index contributed by atoms with van der Waals surface area (Å²) in [5, 5.41) is 3.37. The number of nitrogens with zero attached hydrogens (tertiary/aromatic N) is 2. The number of piperazine rings is 1. The summed E-state index contributed by atoms with van der Waals surface area (Å²) in [5.41, 5.74) is 3.73. The van der Waals surface area contributed by atoms with E-state index in [1.807, 2.05) is 11.8 Å². The predicted octanol–water partition coefficient (Wildman–Crippen LogP) is 1.40. The van der Waals surface area contributed by atoms with Crippen LogP contribution in [0.3, 0.4) is 0 Å². The van der Waals surface area contributed by atoms with Crippen LogP contribution < -0.4 is 15.1 Å². The molecule has 0 aliphatic carbocycles. The third kappa shape index (κ3) is 2.32. The Morgan fingerprint density at radius 3 is 2.79 bits per heavy atom. The summed E-state index contributed by atoms with van der Waals surface area (Å²) in [6.45, 7) is 7.00. The average Bonchev–Trinajstić information content (AvgIpc) is 2.90. The molecule has 0 saturated carbocycles. The fourth-order valence-corrected chi connectivity index (χ4v) is 2.96. The highest BCUT2D eigenvalue weighted by Crippen LogP contribution is 2.32. The van der Waals surface area contributed by atoms with Crippen molar-refractivity contribution in [2.45, 2.75) is 19.8 Å². The molecule has 0 radical (unpaired) electrons. The second-order valence-electron chi connectivity index (χ2n) is 5.20. The van der Waals surface area contributed by atoms with Crippen molar-refractivity contribution in [2.75, 3.05) is 42.5 Å². The normalized spacial score (nSPS) is 18.6. The first kappa shape index (κ1) is 12.5. The molecule has 2 aliphatic heterocycles. The molecule has 0 bridgehead atoms. The molecule has 1 aromatic rings. The second kappa shape index (κ2) is 5.21. The highest BCUT2D eigenvalue weighted by molar-refractivity contribution is 5.95. The number of rotatable bonds is 2. The number of benzene rings is 1. The van der Waals surface area contributed by atoms with Crippen molar-refractivity contribution in [3.05, 3.63) is 23.8 Å². The van der Waals surface area contributed by atoms with Crippen LogP contribution in [-0.2, 0) is 11.2 Å². The van der Waals surface area contributed by atoms with E-state index in [1.54, 1.807) is 0 Å². The van der Waals surface area contributed by atoms with Crippen molar-refractivity contribution in [1.29, 1.82) is 0 Å². The van der Waals surface area contributed by atoms with E-state index in [1.165, 1.54) is 11.3 Å². The molecule has 1 saturated heterocycles. The molecular weight excluding hydrogens is 238 g/mol. The average molecular weight is 259 g/mol. The van der Waals surface area contributed by atoms with E-state index in [9.17, 15) is 4.79 Å². The van der Waals surface area contributed by atoms with Crippen molar-refractivity contribution in [1.82, 2.24) is 5.32 Å². The van der Waals surface area contributed by atoms with Crippen LogP contribution in [0.25, 0.3) is 0 Å². The van der Waals surface area contributed by atoms with Gasteiger partial charge in [-0.3, -0.25) is 4.79 Å². The van der Waals surface area contributed by atoms with Gasteiger partial charge in [0, 0.05) is 50.5 Å². The Morgan fingerprint density at radius 1 is 1.26 bits per heavy atom. The van der Waals surface area contributed by atoms with Gasteiger partial charge in [-0.1, -0.05) is 6.92 Å². The molecule has 1 N–H and O–H groups in total. The lowest BCUT2D eigenvalue weighted by Crippen LogP contribution is -2.43. The van der Waals surface area contributed by atoms with Gasteiger partial charge in [-0.2, -0.15) is 0 Å². The number of amides is 1. The molecule has 1 aromatic carbocycles. The molecule has 4 heteroatoms. The Kier molecular flexibility index (Phi) is 3.42. The van der Waals surface area contributed by atoms with E-state index in [4.69, 9.17) is 0 Å². The Bertz CT molecular complexity index is 480. The second-order valence-corrected chi connectivity index (χ2v) is 5.20. The molecule has 0 aromatic heterocycles.